The maximum Gasteiger partial charge on any atom is 0.314 e. The molecule has 1 atom stereocenters. The molecule has 0 heterocycles. The van der Waals surface area contributed by atoms with E-state index in [-0.39, 0.29) is 24.2 Å². The quantitative estimate of drug-likeness (QED) is 0.707. The maximum absolute atomic E-state index is 11.7. The number of ether oxygens (including phenoxy) is 1. The van der Waals surface area contributed by atoms with Gasteiger partial charge >= 0.3 is 6.03 Å². The van der Waals surface area contributed by atoms with Crippen LogP contribution < -0.4 is 10.6 Å². The highest BCUT2D eigenvalue weighted by molar-refractivity contribution is 5.73. The molecule has 1 aromatic carbocycles. The zero-order chi connectivity index (χ0) is 14.4. The number of carbonyl (C=O) groups is 1. The summed E-state index contributed by atoms with van der Waals surface area (Å²) in [7, 11) is 1.63. The number of benzene rings is 1. The molecule has 5 heteroatoms. The third-order valence-corrected chi connectivity index (χ3v) is 3.82. The van der Waals surface area contributed by atoms with Gasteiger partial charge in [-0.15, -0.1) is 0 Å². The van der Waals surface area contributed by atoms with E-state index < -0.39 is 0 Å². The van der Waals surface area contributed by atoms with E-state index in [4.69, 9.17) is 4.74 Å². The number of hydrogen-bond acceptors (Lipinski definition) is 3. The predicted molar refractivity (Wildman–Crippen MR) is 76.3 cm³/mol. The van der Waals surface area contributed by atoms with Gasteiger partial charge in [-0.1, -0.05) is 30.3 Å². The Labute approximate surface area is 119 Å². The van der Waals surface area contributed by atoms with E-state index in [1.807, 2.05) is 30.3 Å². The van der Waals surface area contributed by atoms with E-state index in [0.717, 1.165) is 18.4 Å². The molecule has 110 valence electrons. The molecule has 0 aromatic heterocycles. The minimum atomic E-state index is -0.220. The zero-order valence-corrected chi connectivity index (χ0v) is 11.8. The van der Waals surface area contributed by atoms with Crippen molar-refractivity contribution in [2.45, 2.75) is 18.9 Å². The number of aliphatic hydroxyl groups is 1. The average molecular weight is 278 g/mol. The summed E-state index contributed by atoms with van der Waals surface area (Å²) < 4.78 is 5.38. The molecule has 3 N–H and O–H groups in total. The lowest BCUT2D eigenvalue weighted by molar-refractivity contribution is 0.104. The first-order chi connectivity index (χ1) is 9.69. The summed E-state index contributed by atoms with van der Waals surface area (Å²) >= 11 is 0. The SMILES string of the molecule is COC(CNC(=O)NCC1(CO)CC1)c1ccccc1. The Hall–Kier alpha value is -1.59. The molecule has 1 saturated carbocycles. The fourth-order valence-corrected chi connectivity index (χ4v) is 2.09. The third kappa shape index (κ3) is 3.95. The highest BCUT2D eigenvalue weighted by Crippen LogP contribution is 2.44. The molecule has 2 rings (SSSR count). The molecular formula is C15H22N2O3. The van der Waals surface area contributed by atoms with E-state index in [1.54, 1.807) is 7.11 Å². The van der Waals surface area contributed by atoms with Gasteiger partial charge in [0.15, 0.2) is 0 Å². The summed E-state index contributed by atoms with van der Waals surface area (Å²) in [5, 5.41) is 14.8. The van der Waals surface area contributed by atoms with Crippen LogP contribution in [0, 0.1) is 5.41 Å². The second-order valence-electron chi connectivity index (χ2n) is 5.36. The number of aliphatic hydroxyl groups excluding tert-OH is 1. The first kappa shape index (κ1) is 14.8. The molecule has 0 aliphatic heterocycles. The molecule has 1 aliphatic carbocycles. The van der Waals surface area contributed by atoms with Crippen molar-refractivity contribution >= 4 is 6.03 Å². The molecule has 0 spiro atoms. The molecule has 1 fully saturated rings. The van der Waals surface area contributed by atoms with Gasteiger partial charge in [-0.25, -0.2) is 4.79 Å². The molecule has 1 aliphatic rings. The average Bonchev–Trinajstić information content (AvgIpc) is 3.27. The molecule has 2 amide bonds. The van der Waals surface area contributed by atoms with Gasteiger partial charge < -0.3 is 20.5 Å². The number of hydrogen-bond donors (Lipinski definition) is 3. The first-order valence-electron chi connectivity index (χ1n) is 6.89. The van der Waals surface area contributed by atoms with E-state index in [9.17, 15) is 9.90 Å². The van der Waals surface area contributed by atoms with Gasteiger partial charge in [0.05, 0.1) is 12.7 Å². The second kappa shape index (κ2) is 6.72. The van der Waals surface area contributed by atoms with Crippen LogP contribution >= 0.6 is 0 Å². The van der Waals surface area contributed by atoms with Crippen molar-refractivity contribution in [1.29, 1.82) is 0 Å². The number of rotatable bonds is 7. The normalized spacial score (nSPS) is 17.3. The summed E-state index contributed by atoms with van der Waals surface area (Å²) in [6, 6.07) is 9.55. The topological polar surface area (TPSA) is 70.6 Å². The number of amides is 2. The number of carbonyl (C=O) groups excluding carboxylic acids is 1. The Morgan fingerprint density at radius 1 is 1.35 bits per heavy atom. The van der Waals surface area contributed by atoms with E-state index in [1.165, 1.54) is 0 Å². The molecule has 0 bridgehead atoms. The molecule has 20 heavy (non-hydrogen) atoms. The lowest BCUT2D eigenvalue weighted by atomic mass is 10.1. The number of nitrogens with one attached hydrogen (secondary N) is 2. The molecular weight excluding hydrogens is 256 g/mol. The first-order valence-corrected chi connectivity index (χ1v) is 6.89. The Bertz CT molecular complexity index is 432. The molecule has 1 aromatic rings. The second-order valence-corrected chi connectivity index (χ2v) is 5.36. The zero-order valence-electron chi connectivity index (χ0n) is 11.8. The molecule has 0 saturated heterocycles. The number of methoxy groups -OCH3 is 1. The highest BCUT2D eigenvalue weighted by atomic mass is 16.5. The van der Waals surface area contributed by atoms with Gasteiger partial charge in [0.25, 0.3) is 0 Å². The van der Waals surface area contributed by atoms with Crippen LogP contribution in [0.15, 0.2) is 30.3 Å². The molecule has 1 unspecified atom stereocenters. The minimum absolute atomic E-state index is 0.0720. The van der Waals surface area contributed by atoms with Gasteiger partial charge in [-0.2, -0.15) is 0 Å². The minimum Gasteiger partial charge on any atom is -0.396 e. The van der Waals surface area contributed by atoms with Crippen LogP contribution in [0.2, 0.25) is 0 Å². The van der Waals surface area contributed by atoms with E-state index in [0.29, 0.717) is 13.1 Å². The smallest absolute Gasteiger partial charge is 0.314 e. The van der Waals surface area contributed by atoms with Crippen molar-refractivity contribution in [3.63, 3.8) is 0 Å². The van der Waals surface area contributed by atoms with E-state index >= 15 is 0 Å². The summed E-state index contributed by atoms with van der Waals surface area (Å²) in [5.74, 6) is 0. The van der Waals surface area contributed by atoms with Crippen molar-refractivity contribution in [2.75, 3.05) is 26.8 Å². The van der Waals surface area contributed by atoms with Crippen LogP contribution in [0.3, 0.4) is 0 Å². The van der Waals surface area contributed by atoms with Crippen LogP contribution in [-0.2, 0) is 4.74 Å². The number of urea groups is 1. The van der Waals surface area contributed by atoms with E-state index in [2.05, 4.69) is 10.6 Å². The molecule has 0 radical (unpaired) electrons. The Morgan fingerprint density at radius 2 is 2.05 bits per heavy atom. The Kier molecular flexibility index (Phi) is 4.98. The maximum atomic E-state index is 11.7. The van der Waals surface area contributed by atoms with Crippen LogP contribution in [-0.4, -0.2) is 37.9 Å². The monoisotopic (exact) mass is 278 g/mol. The fraction of sp³-hybridized carbons (Fsp3) is 0.533. The van der Waals surface area contributed by atoms with Crippen molar-refractivity contribution in [2.24, 2.45) is 5.41 Å². The van der Waals surface area contributed by atoms with Gasteiger partial charge in [0.1, 0.15) is 0 Å². The Balaban J connectivity index is 1.74. The Morgan fingerprint density at radius 3 is 2.60 bits per heavy atom. The summed E-state index contributed by atoms with van der Waals surface area (Å²) in [6.07, 6.45) is 1.80. The largest absolute Gasteiger partial charge is 0.396 e. The van der Waals surface area contributed by atoms with Gasteiger partial charge in [-0.3, -0.25) is 0 Å². The summed E-state index contributed by atoms with van der Waals surface area (Å²) in [6.45, 7) is 1.08. The summed E-state index contributed by atoms with van der Waals surface area (Å²) in [5.41, 5.74) is 0.960. The van der Waals surface area contributed by atoms with Crippen molar-refractivity contribution < 1.29 is 14.6 Å². The van der Waals surface area contributed by atoms with Gasteiger partial charge in [-0.05, 0) is 18.4 Å². The van der Waals surface area contributed by atoms with Gasteiger partial charge in [0, 0.05) is 25.6 Å². The van der Waals surface area contributed by atoms with Gasteiger partial charge in [0.2, 0.25) is 0 Å². The standard InChI is InChI=1S/C15H22N2O3/c1-20-13(12-5-3-2-4-6-12)9-16-14(19)17-10-15(11-18)7-8-15/h2-6,13,18H,7-11H2,1H3,(H2,16,17,19). The molecule has 5 nitrogen and oxygen atoms in total. The van der Waals surface area contributed by atoms with Crippen molar-refractivity contribution in [3.8, 4) is 0 Å². The third-order valence-electron chi connectivity index (χ3n) is 3.82. The highest BCUT2D eigenvalue weighted by Gasteiger charge is 2.42. The van der Waals surface area contributed by atoms with Crippen molar-refractivity contribution in [3.05, 3.63) is 35.9 Å². The van der Waals surface area contributed by atoms with Crippen LogP contribution in [0.5, 0.6) is 0 Å². The lowest BCUT2D eigenvalue weighted by Crippen LogP contribution is -2.41. The fourth-order valence-electron chi connectivity index (χ4n) is 2.09. The van der Waals surface area contributed by atoms with Crippen LogP contribution in [0.4, 0.5) is 4.79 Å². The van der Waals surface area contributed by atoms with Crippen molar-refractivity contribution in [1.82, 2.24) is 10.6 Å². The van der Waals surface area contributed by atoms with Crippen LogP contribution in [0.25, 0.3) is 0 Å². The lowest BCUT2D eigenvalue weighted by Gasteiger charge is -2.18. The van der Waals surface area contributed by atoms with Crippen LogP contribution in [0.1, 0.15) is 24.5 Å². The predicted octanol–water partition coefficient (Wildman–Crippen LogP) is 1.45. The summed E-state index contributed by atoms with van der Waals surface area (Å²) in [4.78, 5) is 11.7.